The van der Waals surface area contributed by atoms with Gasteiger partial charge in [0.2, 0.25) is 0 Å². The predicted octanol–water partition coefficient (Wildman–Crippen LogP) is 1.74. The summed E-state index contributed by atoms with van der Waals surface area (Å²) in [6.07, 6.45) is 3.44. The number of unbranched alkanes of at least 4 members (excludes halogenated alkanes) is 1. The van der Waals surface area contributed by atoms with Crippen molar-refractivity contribution in [2.75, 3.05) is 31.1 Å². The molecule has 1 saturated heterocycles. The van der Waals surface area contributed by atoms with E-state index in [2.05, 4.69) is 29.2 Å². The molecule has 0 atom stereocenters. The van der Waals surface area contributed by atoms with Crippen molar-refractivity contribution < 1.29 is 8.42 Å². The van der Waals surface area contributed by atoms with Gasteiger partial charge in [0, 0.05) is 13.1 Å². The summed E-state index contributed by atoms with van der Waals surface area (Å²) in [4.78, 5) is 2.27. The Kier molecular flexibility index (Phi) is 4.78. The molecule has 0 saturated carbocycles. The molecule has 0 unspecified atom stereocenters. The number of benzene rings is 1. The highest BCUT2D eigenvalue weighted by Crippen LogP contribution is 2.08. The van der Waals surface area contributed by atoms with E-state index >= 15 is 0 Å². The van der Waals surface area contributed by atoms with Crippen molar-refractivity contribution in [2.45, 2.75) is 19.3 Å². The maximum absolute atomic E-state index is 11.3. The van der Waals surface area contributed by atoms with Crippen molar-refractivity contribution in [1.82, 2.24) is 4.90 Å². The number of hydrogen-bond donors (Lipinski definition) is 0. The Labute approximate surface area is 110 Å². The third-order valence-electron chi connectivity index (χ3n) is 3.47. The van der Waals surface area contributed by atoms with E-state index in [-0.39, 0.29) is 0 Å². The van der Waals surface area contributed by atoms with Gasteiger partial charge in [-0.1, -0.05) is 30.3 Å². The SMILES string of the molecule is O=S1(=O)CCN(CCCCc2ccccc2)CC1. The van der Waals surface area contributed by atoms with Crippen LogP contribution in [0.2, 0.25) is 0 Å². The lowest BCUT2D eigenvalue weighted by atomic mass is 10.1. The zero-order valence-electron chi connectivity index (χ0n) is 10.7. The summed E-state index contributed by atoms with van der Waals surface area (Å²) >= 11 is 0. The van der Waals surface area contributed by atoms with E-state index in [0.717, 1.165) is 19.4 Å². The third kappa shape index (κ3) is 4.42. The highest BCUT2D eigenvalue weighted by atomic mass is 32.2. The number of hydrogen-bond acceptors (Lipinski definition) is 3. The third-order valence-corrected chi connectivity index (χ3v) is 5.08. The second kappa shape index (κ2) is 6.34. The highest BCUT2D eigenvalue weighted by Gasteiger charge is 2.20. The van der Waals surface area contributed by atoms with Gasteiger partial charge in [-0.05, 0) is 31.4 Å². The molecule has 0 radical (unpaired) electrons. The summed E-state index contributed by atoms with van der Waals surface area (Å²) in [7, 11) is -2.73. The lowest BCUT2D eigenvalue weighted by molar-refractivity contribution is 0.289. The zero-order chi connectivity index (χ0) is 12.8. The minimum absolute atomic E-state index is 0.339. The molecule has 1 aromatic carbocycles. The van der Waals surface area contributed by atoms with Gasteiger partial charge in [-0.25, -0.2) is 8.42 Å². The summed E-state index contributed by atoms with van der Waals surface area (Å²) in [5, 5.41) is 0. The Morgan fingerprint density at radius 3 is 2.33 bits per heavy atom. The molecular weight excluding hydrogens is 246 g/mol. The molecule has 2 rings (SSSR count). The maximum Gasteiger partial charge on any atom is 0.152 e. The van der Waals surface area contributed by atoms with Crippen molar-refractivity contribution in [2.24, 2.45) is 0 Å². The molecule has 0 bridgehead atoms. The van der Waals surface area contributed by atoms with Crippen LogP contribution in [0.3, 0.4) is 0 Å². The quantitative estimate of drug-likeness (QED) is 0.763. The molecule has 1 heterocycles. The van der Waals surface area contributed by atoms with E-state index in [9.17, 15) is 8.42 Å². The van der Waals surface area contributed by atoms with E-state index in [0.29, 0.717) is 24.6 Å². The first-order chi connectivity index (χ1) is 8.66. The molecule has 0 aliphatic carbocycles. The molecule has 0 amide bonds. The zero-order valence-corrected chi connectivity index (χ0v) is 11.5. The van der Waals surface area contributed by atoms with Gasteiger partial charge in [0.25, 0.3) is 0 Å². The van der Waals surface area contributed by atoms with E-state index < -0.39 is 9.84 Å². The van der Waals surface area contributed by atoms with Gasteiger partial charge in [-0.2, -0.15) is 0 Å². The number of nitrogens with zero attached hydrogens (tertiary/aromatic N) is 1. The average Bonchev–Trinajstić information content (AvgIpc) is 2.37. The van der Waals surface area contributed by atoms with Crippen molar-refractivity contribution in [3.05, 3.63) is 35.9 Å². The van der Waals surface area contributed by atoms with Gasteiger partial charge in [0.05, 0.1) is 11.5 Å². The molecule has 3 nitrogen and oxygen atoms in total. The van der Waals surface area contributed by atoms with Crippen LogP contribution < -0.4 is 0 Å². The molecule has 0 N–H and O–H groups in total. The Balaban J connectivity index is 1.62. The van der Waals surface area contributed by atoms with Crippen LogP contribution in [-0.4, -0.2) is 44.5 Å². The molecule has 0 aromatic heterocycles. The first-order valence-corrected chi connectivity index (χ1v) is 8.44. The Hall–Kier alpha value is -0.870. The van der Waals surface area contributed by atoms with E-state index in [1.165, 1.54) is 12.0 Å². The predicted molar refractivity (Wildman–Crippen MR) is 74.5 cm³/mol. The lowest BCUT2D eigenvalue weighted by Crippen LogP contribution is -2.40. The van der Waals surface area contributed by atoms with Crippen molar-refractivity contribution in [1.29, 1.82) is 0 Å². The first kappa shape index (κ1) is 13.6. The normalized spacial score (nSPS) is 19.8. The lowest BCUT2D eigenvalue weighted by Gasteiger charge is -2.26. The molecule has 1 aromatic rings. The Morgan fingerprint density at radius 1 is 1.00 bits per heavy atom. The maximum atomic E-state index is 11.3. The van der Waals surface area contributed by atoms with Crippen LogP contribution in [0.1, 0.15) is 18.4 Å². The monoisotopic (exact) mass is 267 g/mol. The minimum atomic E-state index is -2.73. The van der Waals surface area contributed by atoms with Crippen LogP contribution in [0.4, 0.5) is 0 Å². The number of aryl methyl sites for hydroxylation is 1. The summed E-state index contributed by atoms with van der Waals surface area (Å²) in [6, 6.07) is 10.5. The molecule has 4 heteroatoms. The second-order valence-corrected chi connectivity index (χ2v) is 7.24. The van der Waals surface area contributed by atoms with E-state index in [1.54, 1.807) is 0 Å². The Bertz CT molecular complexity index is 442. The molecule has 100 valence electrons. The fourth-order valence-electron chi connectivity index (χ4n) is 2.28. The molecule has 1 aliphatic rings. The smallest absolute Gasteiger partial charge is 0.152 e. The summed E-state index contributed by atoms with van der Waals surface area (Å²) < 4.78 is 22.6. The van der Waals surface area contributed by atoms with E-state index in [1.807, 2.05) is 6.07 Å². The van der Waals surface area contributed by atoms with Crippen LogP contribution in [0, 0.1) is 0 Å². The van der Waals surface area contributed by atoms with Crippen LogP contribution in [0.5, 0.6) is 0 Å². The standard InChI is InChI=1S/C14H21NO2S/c16-18(17)12-10-15(11-13-18)9-5-4-8-14-6-2-1-3-7-14/h1-3,6-7H,4-5,8-13H2. The van der Waals surface area contributed by atoms with E-state index in [4.69, 9.17) is 0 Å². The minimum Gasteiger partial charge on any atom is -0.301 e. The second-order valence-electron chi connectivity index (χ2n) is 4.94. The van der Waals surface area contributed by atoms with Crippen molar-refractivity contribution >= 4 is 9.84 Å². The topological polar surface area (TPSA) is 37.4 Å². The van der Waals surface area contributed by atoms with Crippen LogP contribution in [-0.2, 0) is 16.3 Å². The van der Waals surface area contributed by atoms with Crippen LogP contribution in [0.25, 0.3) is 0 Å². The Morgan fingerprint density at radius 2 is 1.67 bits per heavy atom. The van der Waals surface area contributed by atoms with Gasteiger partial charge in [-0.15, -0.1) is 0 Å². The largest absolute Gasteiger partial charge is 0.301 e. The summed E-state index contributed by atoms with van der Waals surface area (Å²) in [5.41, 5.74) is 1.39. The van der Waals surface area contributed by atoms with Gasteiger partial charge in [0.15, 0.2) is 9.84 Å². The van der Waals surface area contributed by atoms with Crippen LogP contribution in [0.15, 0.2) is 30.3 Å². The summed E-state index contributed by atoms with van der Waals surface area (Å²) in [6.45, 7) is 2.46. The molecule has 0 spiro atoms. The van der Waals surface area contributed by atoms with Crippen molar-refractivity contribution in [3.63, 3.8) is 0 Å². The fraction of sp³-hybridized carbons (Fsp3) is 0.571. The highest BCUT2D eigenvalue weighted by molar-refractivity contribution is 7.91. The van der Waals surface area contributed by atoms with Gasteiger partial charge in [0.1, 0.15) is 0 Å². The summed E-state index contributed by atoms with van der Waals surface area (Å²) in [5.74, 6) is 0.678. The number of rotatable bonds is 5. The fourth-order valence-corrected chi connectivity index (χ4v) is 3.56. The molecular formula is C14H21NO2S. The number of sulfone groups is 1. The van der Waals surface area contributed by atoms with Gasteiger partial charge in [-0.3, -0.25) is 0 Å². The molecule has 1 aliphatic heterocycles. The van der Waals surface area contributed by atoms with Gasteiger partial charge >= 0.3 is 0 Å². The molecule has 1 fully saturated rings. The van der Waals surface area contributed by atoms with Gasteiger partial charge < -0.3 is 4.90 Å². The molecule has 18 heavy (non-hydrogen) atoms. The van der Waals surface area contributed by atoms with Crippen LogP contribution >= 0.6 is 0 Å². The van der Waals surface area contributed by atoms with Crippen molar-refractivity contribution in [3.8, 4) is 0 Å². The first-order valence-electron chi connectivity index (χ1n) is 6.62. The average molecular weight is 267 g/mol.